The second-order valence-electron chi connectivity index (χ2n) is 4.36. The first-order chi connectivity index (χ1) is 7.73. The van der Waals surface area contributed by atoms with Crippen molar-refractivity contribution in [3.8, 4) is 0 Å². The van der Waals surface area contributed by atoms with Crippen LogP contribution in [0.5, 0.6) is 0 Å². The highest BCUT2D eigenvalue weighted by molar-refractivity contribution is 7.86. The molecule has 17 heavy (non-hydrogen) atoms. The fourth-order valence-corrected chi connectivity index (χ4v) is 3.17. The average molecular weight is 282 g/mol. The zero-order valence-corrected chi connectivity index (χ0v) is 12.5. The van der Waals surface area contributed by atoms with Gasteiger partial charge < -0.3 is 4.74 Å². The minimum atomic E-state index is -3.04. The molecule has 0 bridgehead atoms. The number of ether oxygens (including phenoxy) is 1. The van der Waals surface area contributed by atoms with Gasteiger partial charge in [0.05, 0.1) is 7.11 Å². The third-order valence-corrected chi connectivity index (χ3v) is 4.25. The molecule has 0 spiro atoms. The van der Waals surface area contributed by atoms with Gasteiger partial charge in [-0.05, 0) is 23.6 Å². The maximum Gasteiger partial charge on any atom is 0.323 e. The lowest BCUT2D eigenvalue weighted by molar-refractivity contribution is -0.145. The van der Waals surface area contributed by atoms with Gasteiger partial charge in [-0.3, -0.25) is 9.36 Å². The minimum absolute atomic E-state index is 0.273. The maximum atomic E-state index is 12.0. The second-order valence-corrected chi connectivity index (χ2v) is 8.31. The minimum Gasteiger partial charge on any atom is -0.468 e. The molecule has 0 aromatic rings. The van der Waals surface area contributed by atoms with E-state index in [1.54, 1.807) is 6.08 Å². The van der Waals surface area contributed by atoms with Crippen LogP contribution in [0, 0.1) is 5.92 Å². The molecule has 0 aliphatic carbocycles. The summed E-state index contributed by atoms with van der Waals surface area (Å²) in [4.78, 5) is 11.7. The van der Waals surface area contributed by atoms with Gasteiger partial charge in [0, 0.05) is 13.2 Å². The predicted octanol–water partition coefficient (Wildman–Crippen LogP) is 3.12. The summed E-state index contributed by atoms with van der Waals surface area (Å²) in [5.41, 5.74) is 0. The maximum absolute atomic E-state index is 12.0. The Morgan fingerprint density at radius 3 is 2.41 bits per heavy atom. The van der Waals surface area contributed by atoms with Crippen molar-refractivity contribution in [1.29, 1.82) is 0 Å². The van der Waals surface area contributed by atoms with Crippen LogP contribution in [0.1, 0.15) is 20.3 Å². The molecule has 100 valence electrons. The van der Waals surface area contributed by atoms with Crippen molar-refractivity contribution in [3.05, 3.63) is 12.7 Å². The monoisotopic (exact) mass is 281 g/mol. The fraction of sp³-hybridized carbons (Fsp3) is 0.727. The summed E-state index contributed by atoms with van der Waals surface area (Å²) in [5.74, 6) is -0.141. The summed E-state index contributed by atoms with van der Waals surface area (Å²) in [5, 5.41) is 0. The Hall–Kier alpha value is -0.310. The molecular weight excluding hydrogens is 261 g/mol. The molecule has 0 aromatic carbocycles. The Morgan fingerprint density at radius 2 is 2.12 bits per heavy atom. The molecule has 0 aliphatic rings. The zero-order valence-electron chi connectivity index (χ0n) is 10.9. The number of esters is 1. The number of methoxy groups -OCH3 is 1. The number of rotatable bonds is 7. The van der Waals surface area contributed by atoms with E-state index in [-0.39, 0.29) is 5.92 Å². The fourth-order valence-electron chi connectivity index (χ4n) is 1.58. The van der Waals surface area contributed by atoms with Crippen molar-refractivity contribution in [3.63, 3.8) is 0 Å². The Kier molecular flexibility index (Phi) is 7.07. The highest BCUT2D eigenvalue weighted by atomic mass is 35.7. The number of halogens is 1. The van der Waals surface area contributed by atoms with E-state index in [2.05, 4.69) is 6.58 Å². The van der Waals surface area contributed by atoms with E-state index < -0.39 is 18.7 Å². The van der Waals surface area contributed by atoms with Gasteiger partial charge in [0.15, 0.2) is 0 Å². The summed E-state index contributed by atoms with van der Waals surface area (Å²) < 4.78 is 18.2. The van der Waals surface area contributed by atoms with E-state index in [1.165, 1.54) is 18.4 Å². The van der Waals surface area contributed by atoms with Gasteiger partial charge in [-0.2, -0.15) is 0 Å². The first-order valence-corrected chi connectivity index (χ1v) is 8.48. The molecule has 0 N–H and O–H groups in total. The second kappa shape index (κ2) is 7.20. The van der Waals surface area contributed by atoms with Crippen molar-refractivity contribution in [2.75, 3.05) is 20.3 Å². The van der Waals surface area contributed by atoms with E-state index in [9.17, 15) is 9.36 Å². The van der Waals surface area contributed by atoms with Crippen LogP contribution >= 0.6 is 17.9 Å². The van der Waals surface area contributed by atoms with Gasteiger partial charge in [0.25, 0.3) is 0 Å². The van der Waals surface area contributed by atoms with Gasteiger partial charge in [-0.25, -0.2) is 4.67 Å². The van der Waals surface area contributed by atoms with Crippen LogP contribution < -0.4 is 0 Å². The summed E-state index contributed by atoms with van der Waals surface area (Å²) in [6.07, 6.45) is 2.12. The van der Waals surface area contributed by atoms with E-state index in [4.69, 9.17) is 16.0 Å². The van der Waals surface area contributed by atoms with Crippen LogP contribution in [0.3, 0.4) is 0 Å². The molecule has 0 saturated carbocycles. The summed E-state index contributed by atoms with van der Waals surface area (Å²) in [6, 6.07) is -0.591. The molecule has 0 amide bonds. The lowest BCUT2D eigenvalue weighted by Crippen LogP contribution is -2.39. The number of nitrogens with zero attached hydrogens (tertiary/aromatic N) is 1. The number of carbonyl (C=O) groups is 1. The lowest BCUT2D eigenvalue weighted by Gasteiger charge is -2.31. The Balaban J connectivity index is 5.13. The Bertz CT molecular complexity index is 314. The van der Waals surface area contributed by atoms with Crippen LogP contribution in [0.2, 0.25) is 0 Å². The van der Waals surface area contributed by atoms with Gasteiger partial charge in [-0.15, -0.1) is 6.58 Å². The molecule has 0 fully saturated rings. The summed E-state index contributed by atoms with van der Waals surface area (Å²) in [6.45, 7) is 6.24. The molecule has 0 heterocycles. The van der Waals surface area contributed by atoms with E-state index >= 15 is 0 Å². The van der Waals surface area contributed by atoms with Crippen LogP contribution in [0.4, 0.5) is 0 Å². The molecule has 0 unspecified atom stereocenters. The molecule has 0 aliphatic heterocycles. The molecule has 0 aromatic heterocycles. The van der Waals surface area contributed by atoms with Crippen molar-refractivity contribution < 1.29 is 14.1 Å². The van der Waals surface area contributed by atoms with Crippen LogP contribution in [-0.2, 0) is 14.1 Å². The SMILES string of the molecule is C=CCN([C@@H](CC(C)C)C(=O)OC)[P@@](C)(=O)Cl. The van der Waals surface area contributed by atoms with E-state index in [1.807, 2.05) is 13.8 Å². The summed E-state index contributed by atoms with van der Waals surface area (Å²) >= 11 is 5.88. The third kappa shape index (κ3) is 5.71. The Morgan fingerprint density at radius 1 is 1.59 bits per heavy atom. The number of hydrogen-bond acceptors (Lipinski definition) is 3. The molecular formula is C11H21ClNO3P. The number of carbonyl (C=O) groups excluding carboxylic acids is 1. The van der Waals surface area contributed by atoms with Crippen LogP contribution in [0.15, 0.2) is 12.7 Å². The Labute approximate surface area is 108 Å². The highest BCUT2D eigenvalue weighted by Crippen LogP contribution is 2.52. The quantitative estimate of drug-likeness (QED) is 0.409. The first kappa shape index (κ1) is 16.7. The zero-order chi connectivity index (χ0) is 13.6. The standard InChI is InChI=1S/C11H21ClNO3P/c1-6-7-13(17(5,12)15)10(8-9(2)3)11(14)16-4/h6,9-10H,1,7-8H2,2-5H3/t10-,17-/m0/s1. The van der Waals surface area contributed by atoms with E-state index in [0.29, 0.717) is 13.0 Å². The van der Waals surface area contributed by atoms with Gasteiger partial charge in [0.2, 0.25) is 6.65 Å². The molecule has 0 saturated heterocycles. The highest BCUT2D eigenvalue weighted by Gasteiger charge is 2.35. The third-order valence-electron chi connectivity index (χ3n) is 2.30. The molecule has 6 heteroatoms. The summed E-state index contributed by atoms with van der Waals surface area (Å²) in [7, 11) is 1.32. The average Bonchev–Trinajstić information content (AvgIpc) is 2.20. The molecule has 2 atom stereocenters. The number of hydrogen-bond donors (Lipinski definition) is 0. The van der Waals surface area contributed by atoms with Gasteiger partial charge >= 0.3 is 5.97 Å². The first-order valence-electron chi connectivity index (χ1n) is 5.47. The molecule has 0 radical (unpaired) electrons. The van der Waals surface area contributed by atoms with Gasteiger partial charge in [-0.1, -0.05) is 19.9 Å². The smallest absolute Gasteiger partial charge is 0.323 e. The topological polar surface area (TPSA) is 46.6 Å². The van der Waals surface area contributed by atoms with Gasteiger partial charge in [0.1, 0.15) is 6.04 Å². The molecule has 4 nitrogen and oxygen atoms in total. The van der Waals surface area contributed by atoms with E-state index in [0.717, 1.165) is 0 Å². The van der Waals surface area contributed by atoms with Crippen molar-refractivity contribution >= 4 is 23.9 Å². The largest absolute Gasteiger partial charge is 0.468 e. The van der Waals surface area contributed by atoms with Crippen molar-refractivity contribution in [1.82, 2.24) is 4.67 Å². The van der Waals surface area contributed by atoms with Crippen molar-refractivity contribution in [2.24, 2.45) is 5.92 Å². The predicted molar refractivity (Wildman–Crippen MR) is 71.5 cm³/mol. The van der Waals surface area contributed by atoms with Crippen molar-refractivity contribution in [2.45, 2.75) is 26.3 Å². The van der Waals surface area contributed by atoms with Crippen LogP contribution in [0.25, 0.3) is 0 Å². The van der Waals surface area contributed by atoms with Crippen LogP contribution in [-0.4, -0.2) is 37.0 Å². The molecule has 0 rings (SSSR count). The normalized spacial score (nSPS) is 16.6. The lowest BCUT2D eigenvalue weighted by atomic mass is 10.0.